The van der Waals surface area contributed by atoms with Gasteiger partial charge in [-0.05, 0) is 12.5 Å². The van der Waals surface area contributed by atoms with E-state index in [1.165, 1.54) is 10.2 Å². The molecule has 4 heteroatoms. The normalized spacial score (nSPS) is 10.5. The first-order valence-electron chi connectivity index (χ1n) is 5.46. The van der Waals surface area contributed by atoms with Gasteiger partial charge in [-0.2, -0.15) is 5.10 Å². The lowest BCUT2D eigenvalue weighted by molar-refractivity contribution is 0.704. The van der Waals surface area contributed by atoms with Crippen molar-refractivity contribution < 1.29 is 0 Å². The molecule has 0 saturated heterocycles. The van der Waals surface area contributed by atoms with Crippen LogP contribution in [0, 0.1) is 6.92 Å². The van der Waals surface area contributed by atoms with Crippen LogP contribution < -0.4 is 11.3 Å². The van der Waals surface area contributed by atoms with Gasteiger partial charge in [0.2, 0.25) is 0 Å². The molecule has 1 aromatic heterocycles. The van der Waals surface area contributed by atoms with Crippen LogP contribution in [0.2, 0.25) is 0 Å². The third-order valence-corrected chi connectivity index (χ3v) is 2.72. The minimum atomic E-state index is -0.138. The molecule has 4 nitrogen and oxygen atoms in total. The molecule has 0 aliphatic rings. The molecule has 0 saturated carbocycles. The summed E-state index contributed by atoms with van der Waals surface area (Å²) in [6, 6.07) is 9.55. The molecule has 1 heterocycles. The van der Waals surface area contributed by atoms with Crippen molar-refractivity contribution in [2.75, 3.05) is 0 Å². The van der Waals surface area contributed by atoms with Gasteiger partial charge in [0.1, 0.15) is 0 Å². The van der Waals surface area contributed by atoms with Gasteiger partial charge in [0.15, 0.2) is 0 Å². The van der Waals surface area contributed by atoms with E-state index in [0.717, 1.165) is 16.8 Å². The van der Waals surface area contributed by atoms with Gasteiger partial charge >= 0.3 is 0 Å². The van der Waals surface area contributed by atoms with Gasteiger partial charge in [0, 0.05) is 25.2 Å². The molecule has 0 fully saturated rings. The Morgan fingerprint density at radius 3 is 2.53 bits per heavy atom. The highest BCUT2D eigenvalue weighted by molar-refractivity contribution is 5.62. The molecule has 1 aromatic carbocycles. The van der Waals surface area contributed by atoms with Crippen molar-refractivity contribution in [2.24, 2.45) is 12.8 Å². The van der Waals surface area contributed by atoms with E-state index < -0.39 is 0 Å². The number of nitrogens with zero attached hydrogens (tertiary/aromatic N) is 2. The molecule has 0 bridgehead atoms. The van der Waals surface area contributed by atoms with Crippen LogP contribution in [0.15, 0.2) is 35.1 Å². The van der Waals surface area contributed by atoms with E-state index >= 15 is 0 Å². The molecule has 2 rings (SSSR count). The van der Waals surface area contributed by atoms with Crippen LogP contribution in [-0.4, -0.2) is 9.78 Å². The van der Waals surface area contributed by atoms with E-state index in [-0.39, 0.29) is 5.56 Å². The lowest BCUT2D eigenvalue weighted by Gasteiger charge is -2.08. The maximum absolute atomic E-state index is 11.5. The fourth-order valence-electron chi connectivity index (χ4n) is 1.68. The van der Waals surface area contributed by atoms with Crippen LogP contribution in [0.3, 0.4) is 0 Å². The van der Waals surface area contributed by atoms with Gasteiger partial charge in [-0.3, -0.25) is 4.79 Å². The average Bonchev–Trinajstić information content (AvgIpc) is 2.33. The van der Waals surface area contributed by atoms with Crippen LogP contribution in [0.5, 0.6) is 0 Å². The first kappa shape index (κ1) is 11.5. The summed E-state index contributed by atoms with van der Waals surface area (Å²) in [6.07, 6.45) is 0. The smallest absolute Gasteiger partial charge is 0.266 e. The second-order valence-electron chi connectivity index (χ2n) is 4.05. The molecule has 0 atom stereocenters. The SMILES string of the molecule is Cc1ccc(-c2nn(C)c(=O)cc2CN)cc1. The zero-order valence-corrected chi connectivity index (χ0v) is 9.97. The van der Waals surface area contributed by atoms with Crippen LogP contribution in [-0.2, 0) is 13.6 Å². The van der Waals surface area contributed by atoms with Crippen molar-refractivity contribution in [3.8, 4) is 11.3 Å². The zero-order valence-electron chi connectivity index (χ0n) is 9.97. The molecule has 0 aliphatic carbocycles. The molecule has 0 spiro atoms. The van der Waals surface area contributed by atoms with E-state index in [1.807, 2.05) is 31.2 Å². The number of aromatic nitrogens is 2. The van der Waals surface area contributed by atoms with E-state index in [1.54, 1.807) is 13.1 Å². The molecular weight excluding hydrogens is 214 g/mol. The third-order valence-electron chi connectivity index (χ3n) is 2.72. The Bertz CT molecular complexity index is 585. The summed E-state index contributed by atoms with van der Waals surface area (Å²) in [5.41, 5.74) is 9.22. The van der Waals surface area contributed by atoms with Gasteiger partial charge in [-0.15, -0.1) is 0 Å². The highest BCUT2D eigenvalue weighted by atomic mass is 16.1. The highest BCUT2D eigenvalue weighted by Gasteiger charge is 2.08. The molecule has 2 N–H and O–H groups in total. The van der Waals surface area contributed by atoms with Crippen molar-refractivity contribution in [3.63, 3.8) is 0 Å². The number of nitrogens with two attached hydrogens (primary N) is 1. The summed E-state index contributed by atoms with van der Waals surface area (Å²) < 4.78 is 1.33. The Hall–Kier alpha value is -1.94. The van der Waals surface area contributed by atoms with Crippen LogP contribution in [0.4, 0.5) is 0 Å². The molecule has 2 aromatic rings. The minimum absolute atomic E-state index is 0.138. The molecule has 0 aliphatic heterocycles. The lowest BCUT2D eigenvalue weighted by atomic mass is 10.1. The summed E-state index contributed by atoms with van der Waals surface area (Å²) >= 11 is 0. The predicted octanol–water partition coefficient (Wildman–Crippen LogP) is 1.21. The molecule has 0 unspecified atom stereocenters. The quantitative estimate of drug-likeness (QED) is 0.842. The van der Waals surface area contributed by atoms with Gasteiger partial charge in [0.25, 0.3) is 5.56 Å². The third kappa shape index (κ3) is 2.26. The standard InChI is InChI=1S/C13H15N3O/c1-9-3-5-10(6-4-9)13-11(8-14)7-12(17)16(2)15-13/h3-7H,8,14H2,1-2H3. The van der Waals surface area contributed by atoms with E-state index in [4.69, 9.17) is 5.73 Å². The Morgan fingerprint density at radius 1 is 1.29 bits per heavy atom. The number of rotatable bonds is 2. The van der Waals surface area contributed by atoms with Gasteiger partial charge in [-0.1, -0.05) is 29.8 Å². The van der Waals surface area contributed by atoms with Crippen molar-refractivity contribution >= 4 is 0 Å². The van der Waals surface area contributed by atoms with Crippen molar-refractivity contribution in [1.29, 1.82) is 0 Å². The van der Waals surface area contributed by atoms with Crippen LogP contribution in [0.25, 0.3) is 11.3 Å². The van der Waals surface area contributed by atoms with Crippen LogP contribution >= 0.6 is 0 Å². The molecule has 88 valence electrons. The molecule has 17 heavy (non-hydrogen) atoms. The highest BCUT2D eigenvalue weighted by Crippen LogP contribution is 2.19. The predicted molar refractivity (Wildman–Crippen MR) is 67.5 cm³/mol. The summed E-state index contributed by atoms with van der Waals surface area (Å²) in [6.45, 7) is 2.34. The summed E-state index contributed by atoms with van der Waals surface area (Å²) in [7, 11) is 1.64. The van der Waals surface area contributed by atoms with Crippen molar-refractivity contribution in [2.45, 2.75) is 13.5 Å². The Balaban J connectivity index is 2.61. The number of hydrogen-bond acceptors (Lipinski definition) is 3. The number of aryl methyl sites for hydroxylation is 2. The second-order valence-corrected chi connectivity index (χ2v) is 4.05. The van der Waals surface area contributed by atoms with E-state index in [9.17, 15) is 4.79 Å². The Labute approximate surface area is 99.7 Å². The minimum Gasteiger partial charge on any atom is -0.326 e. The maximum atomic E-state index is 11.5. The monoisotopic (exact) mass is 229 g/mol. The summed E-state index contributed by atoms with van der Waals surface area (Å²) in [4.78, 5) is 11.5. The summed E-state index contributed by atoms with van der Waals surface area (Å²) in [5.74, 6) is 0. The average molecular weight is 229 g/mol. The zero-order chi connectivity index (χ0) is 12.4. The van der Waals surface area contributed by atoms with Crippen LogP contribution in [0.1, 0.15) is 11.1 Å². The van der Waals surface area contributed by atoms with E-state index in [0.29, 0.717) is 6.54 Å². The van der Waals surface area contributed by atoms with Gasteiger partial charge in [-0.25, -0.2) is 4.68 Å². The molecule has 0 amide bonds. The molecule has 0 radical (unpaired) electrons. The largest absolute Gasteiger partial charge is 0.326 e. The Morgan fingerprint density at radius 2 is 1.94 bits per heavy atom. The lowest BCUT2D eigenvalue weighted by Crippen LogP contribution is -2.21. The van der Waals surface area contributed by atoms with Crippen molar-refractivity contribution in [1.82, 2.24) is 9.78 Å². The van der Waals surface area contributed by atoms with Gasteiger partial charge < -0.3 is 5.73 Å². The molecular formula is C13H15N3O. The first-order valence-corrected chi connectivity index (χ1v) is 5.46. The fraction of sp³-hybridized carbons (Fsp3) is 0.231. The summed E-state index contributed by atoms with van der Waals surface area (Å²) in [5, 5.41) is 4.27. The number of benzene rings is 1. The topological polar surface area (TPSA) is 60.9 Å². The second kappa shape index (κ2) is 4.51. The maximum Gasteiger partial charge on any atom is 0.266 e. The van der Waals surface area contributed by atoms with Crippen molar-refractivity contribution in [3.05, 3.63) is 51.8 Å². The van der Waals surface area contributed by atoms with E-state index in [2.05, 4.69) is 5.10 Å². The van der Waals surface area contributed by atoms with Gasteiger partial charge in [0.05, 0.1) is 5.69 Å². The number of hydrogen-bond donors (Lipinski definition) is 1. The Kier molecular flexibility index (Phi) is 3.06. The fourth-order valence-corrected chi connectivity index (χ4v) is 1.68. The first-order chi connectivity index (χ1) is 8.11.